The van der Waals surface area contributed by atoms with Gasteiger partial charge in [0.1, 0.15) is 11.6 Å². The molecule has 6 heteroatoms. The molecule has 0 atom stereocenters. The number of ether oxygens (including phenoxy) is 1. The highest BCUT2D eigenvalue weighted by Gasteiger charge is 2.19. The lowest BCUT2D eigenvalue weighted by molar-refractivity contribution is 0.413. The molecule has 2 aromatic carbocycles. The Morgan fingerprint density at radius 1 is 1.08 bits per heavy atom. The largest absolute Gasteiger partial charge is 0.497 e. The summed E-state index contributed by atoms with van der Waals surface area (Å²) in [7, 11) is -2.02. The molecule has 0 bridgehead atoms. The van der Waals surface area contributed by atoms with E-state index >= 15 is 0 Å². The second-order valence-corrected chi connectivity index (χ2v) is 7.42. The van der Waals surface area contributed by atoms with Gasteiger partial charge in [-0.3, -0.25) is 0 Å². The lowest BCUT2D eigenvalue weighted by Gasteiger charge is -2.13. The molecular formula is C18H22FNO3S. The van der Waals surface area contributed by atoms with Crippen LogP contribution >= 0.6 is 0 Å². The molecular weight excluding hydrogens is 329 g/mol. The number of sulfonamides is 1. The van der Waals surface area contributed by atoms with Gasteiger partial charge in [0.05, 0.1) is 12.0 Å². The average molecular weight is 351 g/mol. The van der Waals surface area contributed by atoms with Crippen LogP contribution in [0.3, 0.4) is 0 Å². The Hall–Kier alpha value is -1.92. The van der Waals surface area contributed by atoms with Crippen LogP contribution in [-0.2, 0) is 16.4 Å². The summed E-state index contributed by atoms with van der Waals surface area (Å²) in [6.07, 6.45) is 1.32. The van der Waals surface area contributed by atoms with Gasteiger partial charge in [0.25, 0.3) is 0 Å². The summed E-state index contributed by atoms with van der Waals surface area (Å²) in [6, 6.07) is 9.65. The molecule has 0 amide bonds. The molecule has 2 rings (SSSR count). The van der Waals surface area contributed by atoms with E-state index < -0.39 is 10.0 Å². The summed E-state index contributed by atoms with van der Waals surface area (Å²) in [6.45, 7) is 3.83. The van der Waals surface area contributed by atoms with Gasteiger partial charge in [-0.15, -0.1) is 0 Å². The highest BCUT2D eigenvalue weighted by molar-refractivity contribution is 7.89. The van der Waals surface area contributed by atoms with Crippen LogP contribution in [0.2, 0.25) is 0 Å². The Kier molecular flexibility index (Phi) is 5.96. The zero-order valence-electron chi connectivity index (χ0n) is 14.1. The fourth-order valence-electron chi connectivity index (χ4n) is 2.67. The number of hydrogen-bond donors (Lipinski definition) is 1. The molecule has 0 aliphatic rings. The smallest absolute Gasteiger partial charge is 0.241 e. The first-order valence-corrected chi connectivity index (χ1v) is 9.21. The Bertz CT molecular complexity index is 779. The third kappa shape index (κ3) is 4.55. The van der Waals surface area contributed by atoms with Crippen LogP contribution in [0.15, 0.2) is 41.3 Å². The number of halogens is 1. The van der Waals surface area contributed by atoms with E-state index in [0.29, 0.717) is 41.2 Å². The summed E-state index contributed by atoms with van der Waals surface area (Å²) in [5, 5.41) is 0. The number of benzene rings is 2. The highest BCUT2D eigenvalue weighted by atomic mass is 32.2. The maximum atomic E-state index is 12.8. The molecule has 0 radical (unpaired) electrons. The number of hydrogen-bond acceptors (Lipinski definition) is 3. The van der Waals surface area contributed by atoms with Gasteiger partial charge in [-0.2, -0.15) is 0 Å². The lowest BCUT2D eigenvalue weighted by Crippen LogP contribution is -2.26. The maximum Gasteiger partial charge on any atom is 0.241 e. The van der Waals surface area contributed by atoms with Crippen molar-refractivity contribution in [3.8, 4) is 5.75 Å². The minimum Gasteiger partial charge on any atom is -0.497 e. The number of aryl methyl sites for hydroxylation is 3. The van der Waals surface area contributed by atoms with E-state index in [1.54, 1.807) is 45.2 Å². The van der Waals surface area contributed by atoms with Crippen molar-refractivity contribution < 1.29 is 17.5 Å². The zero-order valence-corrected chi connectivity index (χ0v) is 14.9. The van der Waals surface area contributed by atoms with Crippen LogP contribution in [0.5, 0.6) is 5.75 Å². The molecule has 0 aliphatic heterocycles. The summed E-state index contributed by atoms with van der Waals surface area (Å²) in [5.74, 6) is 0.366. The average Bonchev–Trinajstić information content (AvgIpc) is 2.52. The molecule has 4 nitrogen and oxygen atoms in total. The molecule has 0 fully saturated rings. The molecule has 0 unspecified atom stereocenters. The lowest BCUT2D eigenvalue weighted by atomic mass is 10.1. The van der Waals surface area contributed by atoms with E-state index in [2.05, 4.69) is 4.72 Å². The third-order valence-electron chi connectivity index (χ3n) is 3.79. The van der Waals surface area contributed by atoms with Gasteiger partial charge in [-0.1, -0.05) is 12.1 Å². The molecule has 1 N–H and O–H groups in total. The van der Waals surface area contributed by atoms with Gasteiger partial charge in [0.2, 0.25) is 10.0 Å². The van der Waals surface area contributed by atoms with E-state index in [4.69, 9.17) is 4.74 Å². The van der Waals surface area contributed by atoms with Gasteiger partial charge in [0, 0.05) is 6.54 Å². The Labute approximate surface area is 142 Å². The normalized spacial score (nSPS) is 11.5. The zero-order chi connectivity index (χ0) is 17.7. The number of methoxy groups -OCH3 is 1. The van der Waals surface area contributed by atoms with Crippen LogP contribution < -0.4 is 9.46 Å². The van der Waals surface area contributed by atoms with Crippen molar-refractivity contribution in [3.63, 3.8) is 0 Å². The van der Waals surface area contributed by atoms with Crippen LogP contribution in [0, 0.1) is 19.7 Å². The maximum absolute atomic E-state index is 12.8. The van der Waals surface area contributed by atoms with E-state index in [0.717, 1.165) is 5.56 Å². The van der Waals surface area contributed by atoms with Crippen molar-refractivity contribution in [2.45, 2.75) is 31.6 Å². The molecule has 130 valence electrons. The van der Waals surface area contributed by atoms with Crippen molar-refractivity contribution in [3.05, 3.63) is 58.9 Å². The molecule has 0 heterocycles. The fraction of sp³-hybridized carbons (Fsp3) is 0.333. The Morgan fingerprint density at radius 2 is 1.67 bits per heavy atom. The summed E-state index contributed by atoms with van der Waals surface area (Å²) in [5.41, 5.74) is 2.28. The van der Waals surface area contributed by atoms with Gasteiger partial charge in [-0.05, 0) is 67.6 Å². The number of rotatable bonds is 7. The first-order valence-electron chi connectivity index (χ1n) is 7.73. The molecule has 0 aromatic heterocycles. The fourth-order valence-corrected chi connectivity index (χ4v) is 4.20. The third-order valence-corrected chi connectivity index (χ3v) is 5.55. The van der Waals surface area contributed by atoms with Crippen molar-refractivity contribution >= 4 is 10.0 Å². The summed E-state index contributed by atoms with van der Waals surface area (Å²) in [4.78, 5) is 0.296. The Morgan fingerprint density at radius 3 is 2.21 bits per heavy atom. The minimum absolute atomic E-state index is 0.273. The van der Waals surface area contributed by atoms with E-state index in [1.165, 1.54) is 12.1 Å². The van der Waals surface area contributed by atoms with Crippen molar-refractivity contribution in [2.24, 2.45) is 0 Å². The van der Waals surface area contributed by atoms with E-state index in [9.17, 15) is 12.8 Å². The van der Waals surface area contributed by atoms with Crippen LogP contribution in [0.1, 0.15) is 23.1 Å². The molecule has 0 saturated heterocycles. The standard InChI is InChI=1S/C18H22FNO3S/c1-13-11-17(23-3)12-14(2)18(13)24(21,22)20-10-4-5-15-6-8-16(19)9-7-15/h6-9,11-12,20H,4-5,10H2,1-3H3. The van der Waals surface area contributed by atoms with Gasteiger partial charge in [-0.25, -0.2) is 17.5 Å². The predicted octanol–water partition coefficient (Wildman–Crippen LogP) is 3.36. The van der Waals surface area contributed by atoms with E-state index in [1.807, 2.05) is 0 Å². The summed E-state index contributed by atoms with van der Waals surface area (Å²) < 4.78 is 45.7. The Balaban J connectivity index is 2.00. The van der Waals surface area contributed by atoms with Crippen LogP contribution in [-0.4, -0.2) is 22.1 Å². The SMILES string of the molecule is COc1cc(C)c(S(=O)(=O)NCCCc2ccc(F)cc2)c(C)c1. The quantitative estimate of drug-likeness (QED) is 0.778. The molecule has 0 saturated carbocycles. The minimum atomic E-state index is -3.57. The molecule has 0 spiro atoms. The monoisotopic (exact) mass is 351 g/mol. The van der Waals surface area contributed by atoms with Crippen LogP contribution in [0.4, 0.5) is 4.39 Å². The first kappa shape index (κ1) is 18.4. The highest BCUT2D eigenvalue weighted by Crippen LogP contribution is 2.25. The predicted molar refractivity (Wildman–Crippen MR) is 92.4 cm³/mol. The van der Waals surface area contributed by atoms with Gasteiger partial charge >= 0.3 is 0 Å². The molecule has 2 aromatic rings. The molecule has 24 heavy (non-hydrogen) atoms. The van der Waals surface area contributed by atoms with Crippen molar-refractivity contribution in [2.75, 3.05) is 13.7 Å². The molecule has 0 aliphatic carbocycles. The number of nitrogens with one attached hydrogen (secondary N) is 1. The second-order valence-electron chi connectivity index (χ2n) is 5.72. The first-order chi connectivity index (χ1) is 11.3. The van der Waals surface area contributed by atoms with Gasteiger partial charge in [0.15, 0.2) is 0 Å². The van der Waals surface area contributed by atoms with Crippen molar-refractivity contribution in [1.82, 2.24) is 4.72 Å². The van der Waals surface area contributed by atoms with Crippen molar-refractivity contribution in [1.29, 1.82) is 0 Å². The van der Waals surface area contributed by atoms with Crippen LogP contribution in [0.25, 0.3) is 0 Å². The second kappa shape index (κ2) is 7.77. The summed E-state index contributed by atoms with van der Waals surface area (Å²) >= 11 is 0. The van der Waals surface area contributed by atoms with E-state index in [-0.39, 0.29) is 5.82 Å². The topological polar surface area (TPSA) is 55.4 Å². The van der Waals surface area contributed by atoms with Gasteiger partial charge < -0.3 is 4.74 Å².